The van der Waals surface area contributed by atoms with Crippen LogP contribution in [0, 0.1) is 0 Å². The molecule has 0 radical (unpaired) electrons. The summed E-state index contributed by atoms with van der Waals surface area (Å²) < 4.78 is 0. The molecule has 17 heavy (non-hydrogen) atoms. The number of piperidine rings is 1. The lowest BCUT2D eigenvalue weighted by Crippen LogP contribution is -2.36. The van der Waals surface area contributed by atoms with E-state index in [1.165, 1.54) is 19.3 Å². The number of hydrogen-bond acceptors (Lipinski definition) is 3. The first-order valence-corrected chi connectivity index (χ1v) is 6.13. The van der Waals surface area contributed by atoms with Crippen LogP contribution in [0.1, 0.15) is 30.9 Å². The summed E-state index contributed by atoms with van der Waals surface area (Å²) in [7, 11) is 0. The lowest BCUT2D eigenvalue weighted by molar-refractivity contribution is -0.139. The second kappa shape index (κ2) is 5.77. The Balaban J connectivity index is 2.05. The van der Waals surface area contributed by atoms with E-state index in [9.17, 15) is 9.90 Å². The normalized spacial score (nSPS) is 18.8. The number of aromatic nitrogens is 1. The lowest BCUT2D eigenvalue weighted by atomic mass is 10.0. The Bertz CT molecular complexity index is 361. The molecule has 2 heterocycles. The van der Waals surface area contributed by atoms with Gasteiger partial charge in [0.25, 0.3) is 0 Å². The van der Waals surface area contributed by atoms with Gasteiger partial charge < -0.3 is 10.0 Å². The van der Waals surface area contributed by atoms with Crippen LogP contribution in [0.4, 0.5) is 0 Å². The fraction of sp³-hybridized carbons (Fsp3) is 0.538. The van der Waals surface area contributed by atoms with Gasteiger partial charge in [-0.2, -0.15) is 0 Å². The quantitative estimate of drug-likeness (QED) is 0.862. The minimum Gasteiger partial charge on any atom is -0.481 e. The van der Waals surface area contributed by atoms with Crippen LogP contribution in [0.5, 0.6) is 0 Å². The summed E-state index contributed by atoms with van der Waals surface area (Å²) in [5.41, 5.74) is 0.658. The Morgan fingerprint density at radius 2 is 2.12 bits per heavy atom. The van der Waals surface area contributed by atoms with Gasteiger partial charge in [0.15, 0.2) is 0 Å². The Labute approximate surface area is 101 Å². The molecule has 1 aliphatic rings. The Morgan fingerprint density at radius 3 is 2.71 bits per heavy atom. The molecule has 1 unspecified atom stereocenters. The average Bonchev–Trinajstić information content (AvgIpc) is 2.38. The highest BCUT2D eigenvalue weighted by molar-refractivity contribution is 5.75. The molecule has 0 aromatic carbocycles. The van der Waals surface area contributed by atoms with Crippen molar-refractivity contribution < 1.29 is 9.90 Å². The molecule has 92 valence electrons. The molecule has 0 saturated carbocycles. The highest BCUT2D eigenvalue weighted by atomic mass is 16.4. The highest BCUT2D eigenvalue weighted by Gasteiger charge is 2.24. The maximum absolute atomic E-state index is 11.3. The van der Waals surface area contributed by atoms with Gasteiger partial charge in [0.05, 0.1) is 5.69 Å². The SMILES string of the molecule is O=C(O)C(CN1CCCCC1)c1ccccn1. The number of pyridine rings is 1. The third-order valence-electron chi connectivity index (χ3n) is 3.23. The summed E-state index contributed by atoms with van der Waals surface area (Å²) in [6.07, 6.45) is 5.27. The molecule has 0 spiro atoms. The van der Waals surface area contributed by atoms with Gasteiger partial charge in [-0.25, -0.2) is 0 Å². The van der Waals surface area contributed by atoms with E-state index in [0.29, 0.717) is 12.2 Å². The van der Waals surface area contributed by atoms with E-state index in [4.69, 9.17) is 0 Å². The molecule has 4 heteroatoms. The third kappa shape index (κ3) is 3.27. The van der Waals surface area contributed by atoms with E-state index >= 15 is 0 Å². The van der Waals surface area contributed by atoms with Crippen molar-refractivity contribution in [3.05, 3.63) is 30.1 Å². The summed E-state index contributed by atoms with van der Waals surface area (Å²) in [5, 5.41) is 9.29. The van der Waals surface area contributed by atoms with Crippen LogP contribution in [0.3, 0.4) is 0 Å². The van der Waals surface area contributed by atoms with Crippen LogP contribution in [0.25, 0.3) is 0 Å². The Morgan fingerprint density at radius 1 is 1.35 bits per heavy atom. The maximum Gasteiger partial charge on any atom is 0.313 e. The van der Waals surface area contributed by atoms with Crippen LogP contribution < -0.4 is 0 Å². The van der Waals surface area contributed by atoms with E-state index in [1.807, 2.05) is 12.1 Å². The molecular formula is C13H18N2O2. The third-order valence-corrected chi connectivity index (χ3v) is 3.23. The van der Waals surface area contributed by atoms with E-state index in [0.717, 1.165) is 13.1 Å². The van der Waals surface area contributed by atoms with E-state index in [-0.39, 0.29) is 0 Å². The molecule has 1 N–H and O–H groups in total. The van der Waals surface area contributed by atoms with E-state index in [1.54, 1.807) is 12.3 Å². The standard InChI is InChI=1S/C13H18N2O2/c16-13(17)11(12-6-2-3-7-14-12)10-15-8-4-1-5-9-15/h2-3,6-7,11H,1,4-5,8-10H2,(H,16,17). The van der Waals surface area contributed by atoms with Crippen molar-refractivity contribution in [3.63, 3.8) is 0 Å². The van der Waals surface area contributed by atoms with Crippen molar-refractivity contribution in [1.82, 2.24) is 9.88 Å². The zero-order chi connectivity index (χ0) is 12.1. The van der Waals surface area contributed by atoms with Crippen LogP contribution in [0.15, 0.2) is 24.4 Å². The van der Waals surface area contributed by atoms with Crippen molar-refractivity contribution in [2.75, 3.05) is 19.6 Å². The topological polar surface area (TPSA) is 53.4 Å². The van der Waals surface area contributed by atoms with Crippen LogP contribution in [0.2, 0.25) is 0 Å². The van der Waals surface area contributed by atoms with Crippen molar-refractivity contribution in [1.29, 1.82) is 0 Å². The van der Waals surface area contributed by atoms with Gasteiger partial charge in [-0.3, -0.25) is 9.78 Å². The highest BCUT2D eigenvalue weighted by Crippen LogP contribution is 2.18. The van der Waals surface area contributed by atoms with Crippen molar-refractivity contribution in [3.8, 4) is 0 Å². The second-order valence-electron chi connectivity index (χ2n) is 4.51. The first-order valence-electron chi connectivity index (χ1n) is 6.13. The summed E-state index contributed by atoms with van der Waals surface area (Å²) in [6.45, 7) is 2.60. The van der Waals surface area contributed by atoms with E-state index < -0.39 is 11.9 Å². The van der Waals surface area contributed by atoms with Crippen LogP contribution in [-0.2, 0) is 4.79 Å². The van der Waals surface area contributed by atoms with Gasteiger partial charge in [0.1, 0.15) is 5.92 Å². The van der Waals surface area contributed by atoms with Crippen molar-refractivity contribution >= 4 is 5.97 Å². The van der Waals surface area contributed by atoms with Crippen molar-refractivity contribution in [2.24, 2.45) is 0 Å². The molecule has 1 aliphatic heterocycles. The number of carboxylic acid groups (broad SMARTS) is 1. The number of hydrogen-bond donors (Lipinski definition) is 1. The monoisotopic (exact) mass is 234 g/mol. The number of rotatable bonds is 4. The minimum absolute atomic E-state index is 0.505. The molecule has 2 rings (SSSR count). The smallest absolute Gasteiger partial charge is 0.313 e. The van der Waals surface area contributed by atoms with Gasteiger partial charge in [0, 0.05) is 12.7 Å². The molecule has 1 saturated heterocycles. The molecule has 1 aromatic heterocycles. The van der Waals surface area contributed by atoms with Crippen LogP contribution >= 0.6 is 0 Å². The fourth-order valence-corrected chi connectivity index (χ4v) is 2.28. The number of aliphatic carboxylic acids is 1. The molecular weight excluding hydrogens is 216 g/mol. The Kier molecular flexibility index (Phi) is 4.09. The first kappa shape index (κ1) is 12.0. The summed E-state index contributed by atoms with van der Waals surface area (Å²) >= 11 is 0. The minimum atomic E-state index is -0.783. The molecule has 0 bridgehead atoms. The predicted octanol–water partition coefficient (Wildman–Crippen LogP) is 1.74. The number of carboxylic acids is 1. The maximum atomic E-state index is 11.3. The van der Waals surface area contributed by atoms with E-state index in [2.05, 4.69) is 9.88 Å². The van der Waals surface area contributed by atoms with Gasteiger partial charge in [-0.1, -0.05) is 12.5 Å². The van der Waals surface area contributed by atoms with Crippen molar-refractivity contribution in [2.45, 2.75) is 25.2 Å². The molecule has 1 atom stereocenters. The first-order chi connectivity index (χ1) is 8.27. The number of carbonyl (C=O) groups is 1. The van der Waals surface area contributed by atoms with Gasteiger partial charge in [0.2, 0.25) is 0 Å². The lowest BCUT2D eigenvalue weighted by Gasteiger charge is -2.28. The van der Waals surface area contributed by atoms with Gasteiger partial charge >= 0.3 is 5.97 Å². The average molecular weight is 234 g/mol. The summed E-state index contributed by atoms with van der Waals surface area (Å²) in [5.74, 6) is -1.29. The van der Waals surface area contributed by atoms with Gasteiger partial charge in [-0.05, 0) is 38.1 Å². The zero-order valence-corrected chi connectivity index (χ0v) is 9.88. The zero-order valence-electron chi connectivity index (χ0n) is 9.88. The molecule has 0 amide bonds. The molecule has 1 aromatic rings. The summed E-state index contributed by atoms with van der Waals surface area (Å²) in [6, 6.07) is 5.44. The second-order valence-corrected chi connectivity index (χ2v) is 4.51. The molecule has 4 nitrogen and oxygen atoms in total. The van der Waals surface area contributed by atoms with Gasteiger partial charge in [-0.15, -0.1) is 0 Å². The Hall–Kier alpha value is -1.42. The predicted molar refractivity (Wildman–Crippen MR) is 64.9 cm³/mol. The fourth-order valence-electron chi connectivity index (χ4n) is 2.28. The molecule has 1 fully saturated rings. The number of nitrogens with zero attached hydrogens (tertiary/aromatic N) is 2. The number of likely N-dealkylation sites (tertiary alicyclic amines) is 1. The summed E-state index contributed by atoms with van der Waals surface area (Å²) in [4.78, 5) is 17.7. The molecule has 0 aliphatic carbocycles. The largest absolute Gasteiger partial charge is 0.481 e. The van der Waals surface area contributed by atoms with Crippen LogP contribution in [-0.4, -0.2) is 40.6 Å².